The average molecular weight is 550 g/mol. The number of aliphatic hydroxyl groups is 1. The molecule has 0 spiro atoms. The molecule has 1 unspecified atom stereocenters. The van der Waals surface area contributed by atoms with E-state index in [2.05, 4.69) is 99.7 Å². The molecule has 1 aromatic heterocycles. The minimum atomic E-state index is -0.0480. The number of aromatic nitrogens is 2. The van der Waals surface area contributed by atoms with Crippen molar-refractivity contribution in [3.63, 3.8) is 0 Å². The van der Waals surface area contributed by atoms with Gasteiger partial charge in [0.05, 0.1) is 11.4 Å². The molecular formula is C35H55N3O2. The van der Waals surface area contributed by atoms with E-state index in [0.29, 0.717) is 6.42 Å². The van der Waals surface area contributed by atoms with E-state index in [1.807, 2.05) is 57.8 Å². The number of hydrogen-bond acceptors (Lipinski definition) is 4. The van der Waals surface area contributed by atoms with E-state index in [4.69, 9.17) is 5.11 Å². The molecule has 3 aromatic rings. The monoisotopic (exact) mass is 549 g/mol. The number of allylic oxidation sites excluding steroid dienone is 3. The molecule has 40 heavy (non-hydrogen) atoms. The number of carbonyl (C=O) groups excluding carboxylic acids is 1. The van der Waals surface area contributed by atoms with Crippen LogP contribution in [-0.4, -0.2) is 46.8 Å². The molecule has 1 heterocycles. The molecular weight excluding hydrogens is 494 g/mol. The van der Waals surface area contributed by atoms with Crippen LogP contribution in [0.2, 0.25) is 0 Å². The van der Waals surface area contributed by atoms with Crippen LogP contribution in [0.1, 0.15) is 70.9 Å². The summed E-state index contributed by atoms with van der Waals surface area (Å²) >= 11 is 0. The maximum atomic E-state index is 11.5. The number of aldehydes is 1. The number of nitrogens with zero attached hydrogens (tertiary/aromatic N) is 3. The number of aliphatic hydroxyl groups excluding tert-OH is 1. The molecule has 0 saturated carbocycles. The lowest BCUT2D eigenvalue weighted by Gasteiger charge is -2.14. The van der Waals surface area contributed by atoms with Crippen molar-refractivity contribution in [2.75, 3.05) is 20.7 Å². The van der Waals surface area contributed by atoms with Crippen molar-refractivity contribution >= 4 is 6.29 Å². The molecule has 0 bridgehead atoms. The topological polar surface area (TPSA) is 58.4 Å². The van der Waals surface area contributed by atoms with Gasteiger partial charge in [-0.1, -0.05) is 79.6 Å². The van der Waals surface area contributed by atoms with Crippen LogP contribution in [0.3, 0.4) is 0 Å². The standard InChI is InChI=1S/C21H22N2O.C6H13N.C5H10.C2H6.CH4O/c1-16-6-8-21(9-7-16)23-11-10-20(22-23)14-19(15-24)13-18-5-3-4-17(2)12-18;1-5-7(4)6(2)3;1-4-5(2)3;2*1-2/h3-12,15,19H,13-14H2,1-2H3;2,5H2,1,3-4H3;4H,1-3H3;1-2H3;2H,1H3. The lowest BCUT2D eigenvalue weighted by molar-refractivity contribution is -0.111. The largest absolute Gasteiger partial charge is 0.400 e. The first-order valence-electron chi connectivity index (χ1n) is 14.1. The summed E-state index contributed by atoms with van der Waals surface area (Å²) in [5.74, 6) is -0.0480. The first kappa shape index (κ1) is 38.7. The fourth-order valence-corrected chi connectivity index (χ4v) is 3.16. The van der Waals surface area contributed by atoms with E-state index in [-0.39, 0.29) is 5.92 Å². The molecule has 0 radical (unpaired) electrons. The molecule has 0 aliphatic carbocycles. The fourth-order valence-electron chi connectivity index (χ4n) is 3.16. The Labute approximate surface area is 245 Å². The van der Waals surface area contributed by atoms with Gasteiger partial charge in [-0.2, -0.15) is 5.10 Å². The smallest absolute Gasteiger partial charge is 0.123 e. The predicted molar refractivity (Wildman–Crippen MR) is 174 cm³/mol. The van der Waals surface area contributed by atoms with Crippen LogP contribution < -0.4 is 0 Å². The first-order valence-corrected chi connectivity index (χ1v) is 14.1. The summed E-state index contributed by atoms with van der Waals surface area (Å²) < 4.78 is 1.86. The Bertz CT molecular complexity index is 1090. The third-order valence-electron chi connectivity index (χ3n) is 5.89. The summed E-state index contributed by atoms with van der Waals surface area (Å²) in [6.07, 6.45) is 6.50. The van der Waals surface area contributed by atoms with Crippen LogP contribution in [-0.2, 0) is 17.6 Å². The van der Waals surface area contributed by atoms with Crippen LogP contribution >= 0.6 is 0 Å². The molecule has 0 amide bonds. The molecule has 3 rings (SSSR count). The Morgan fingerprint density at radius 1 is 1.00 bits per heavy atom. The van der Waals surface area contributed by atoms with E-state index in [1.54, 1.807) is 0 Å². The zero-order chi connectivity index (χ0) is 31.1. The van der Waals surface area contributed by atoms with Crippen molar-refractivity contribution < 1.29 is 9.90 Å². The Kier molecular flexibility index (Phi) is 22.7. The number of rotatable bonds is 8. The van der Waals surface area contributed by atoms with Crippen molar-refractivity contribution in [2.24, 2.45) is 5.92 Å². The van der Waals surface area contributed by atoms with Crippen molar-refractivity contribution in [1.82, 2.24) is 14.7 Å². The summed E-state index contributed by atoms with van der Waals surface area (Å²) in [5.41, 5.74) is 8.14. The molecule has 0 aliphatic heterocycles. The van der Waals surface area contributed by atoms with Crippen LogP contribution in [0.15, 0.2) is 84.7 Å². The second kappa shape index (κ2) is 23.4. The number of carbonyl (C=O) groups is 1. The fraction of sp³-hybridized carbons (Fsp3) is 0.429. The highest BCUT2D eigenvalue weighted by atomic mass is 16.2. The predicted octanol–water partition coefficient (Wildman–Crippen LogP) is 8.17. The highest BCUT2D eigenvalue weighted by Crippen LogP contribution is 2.15. The summed E-state index contributed by atoms with van der Waals surface area (Å²) in [4.78, 5) is 13.6. The number of hydrogen-bond donors (Lipinski definition) is 1. The summed E-state index contributed by atoms with van der Waals surface area (Å²) in [7, 11) is 3.03. The summed E-state index contributed by atoms with van der Waals surface area (Å²) in [6, 6.07) is 18.6. The van der Waals surface area contributed by atoms with Gasteiger partial charge in [0.25, 0.3) is 0 Å². The number of aryl methyl sites for hydroxylation is 2. The normalized spacial score (nSPS) is 9.90. The van der Waals surface area contributed by atoms with Gasteiger partial charge in [0, 0.05) is 44.9 Å². The van der Waals surface area contributed by atoms with Crippen molar-refractivity contribution in [2.45, 2.75) is 75.2 Å². The Balaban J connectivity index is 0. The SMILES string of the molecule is C=C(C)N(C)CC.CC.CC=C(C)C.CO.Cc1ccc(-n2ccc(CC(C=O)Cc3cccc(C)c3)n2)cc1. The average Bonchev–Trinajstić information content (AvgIpc) is 3.43. The molecule has 0 saturated heterocycles. The lowest BCUT2D eigenvalue weighted by atomic mass is 9.95. The molecule has 5 heteroatoms. The van der Waals surface area contributed by atoms with Crippen LogP contribution in [0.4, 0.5) is 0 Å². The van der Waals surface area contributed by atoms with E-state index in [0.717, 1.165) is 43.4 Å². The Hall–Kier alpha value is -3.44. The second-order valence-corrected chi connectivity index (χ2v) is 9.50. The Morgan fingerprint density at radius 2 is 1.57 bits per heavy atom. The van der Waals surface area contributed by atoms with E-state index in [9.17, 15) is 4.79 Å². The maximum absolute atomic E-state index is 11.5. The quantitative estimate of drug-likeness (QED) is 0.227. The lowest BCUT2D eigenvalue weighted by Crippen LogP contribution is -2.13. The third-order valence-corrected chi connectivity index (χ3v) is 5.89. The zero-order valence-electron chi connectivity index (χ0n) is 27.0. The van der Waals surface area contributed by atoms with E-state index < -0.39 is 0 Å². The van der Waals surface area contributed by atoms with E-state index in [1.165, 1.54) is 22.3 Å². The van der Waals surface area contributed by atoms with Gasteiger partial charge in [-0.05, 0) is 78.6 Å². The van der Waals surface area contributed by atoms with Gasteiger partial charge in [-0.15, -0.1) is 0 Å². The molecule has 5 nitrogen and oxygen atoms in total. The minimum absolute atomic E-state index is 0.0480. The molecule has 1 atom stereocenters. The highest BCUT2D eigenvalue weighted by Gasteiger charge is 2.12. The zero-order valence-corrected chi connectivity index (χ0v) is 27.0. The van der Waals surface area contributed by atoms with Gasteiger partial charge in [-0.3, -0.25) is 0 Å². The third kappa shape index (κ3) is 17.2. The van der Waals surface area contributed by atoms with Crippen molar-refractivity contribution in [3.8, 4) is 5.69 Å². The Morgan fingerprint density at radius 3 is 2.00 bits per heavy atom. The van der Waals surface area contributed by atoms with Crippen molar-refractivity contribution in [3.05, 3.63) is 107 Å². The molecule has 0 fully saturated rings. The summed E-state index contributed by atoms with van der Waals surface area (Å²) in [6.45, 7) is 23.3. The second-order valence-electron chi connectivity index (χ2n) is 9.50. The summed E-state index contributed by atoms with van der Waals surface area (Å²) in [5, 5.41) is 11.6. The van der Waals surface area contributed by atoms with Crippen LogP contribution in [0.5, 0.6) is 0 Å². The molecule has 1 N–H and O–H groups in total. The van der Waals surface area contributed by atoms with Crippen LogP contribution in [0, 0.1) is 19.8 Å². The number of benzene rings is 2. The van der Waals surface area contributed by atoms with Gasteiger partial charge in [0.2, 0.25) is 0 Å². The molecule has 2 aromatic carbocycles. The van der Waals surface area contributed by atoms with Gasteiger partial charge in [0.1, 0.15) is 6.29 Å². The maximum Gasteiger partial charge on any atom is 0.123 e. The van der Waals surface area contributed by atoms with Gasteiger partial charge in [-0.25, -0.2) is 4.68 Å². The molecule has 0 aliphatic rings. The minimum Gasteiger partial charge on any atom is -0.400 e. The first-order chi connectivity index (χ1) is 19.1. The highest BCUT2D eigenvalue weighted by molar-refractivity contribution is 5.55. The molecule has 222 valence electrons. The van der Waals surface area contributed by atoms with Gasteiger partial charge < -0.3 is 14.8 Å². The van der Waals surface area contributed by atoms with Crippen molar-refractivity contribution in [1.29, 1.82) is 0 Å². The van der Waals surface area contributed by atoms with Gasteiger partial charge >= 0.3 is 0 Å². The van der Waals surface area contributed by atoms with E-state index >= 15 is 0 Å². The van der Waals surface area contributed by atoms with Crippen LogP contribution in [0.25, 0.3) is 5.69 Å². The van der Waals surface area contributed by atoms with Gasteiger partial charge in [0.15, 0.2) is 0 Å².